The number of hydrogen-bond donors (Lipinski definition) is 4. The second-order valence-electron chi connectivity index (χ2n) is 9.83. The molecule has 1 unspecified atom stereocenters. The van der Waals surface area contributed by atoms with Crippen LogP contribution in [0.2, 0.25) is 0 Å². The molecule has 1 aliphatic rings. The minimum absolute atomic E-state index is 0.0485. The lowest BCUT2D eigenvalue weighted by molar-refractivity contribution is -0.166. The maximum atomic E-state index is 12.2. The first-order valence-electron chi connectivity index (χ1n) is 13.7. The van der Waals surface area contributed by atoms with Gasteiger partial charge in [0.15, 0.2) is 0 Å². The SMILES string of the molecule is COc1ccc(C(=O)O[C@@H](C(=O)O)[C@@H](OC(=O)c2ccc(OC)cc2)C(=O)O)cc1.OCCC1(c2ccccc2)CCNC1. The average molecular weight is 610 g/mol. The molecular formula is C32H35NO11. The molecule has 0 radical (unpaired) electrons. The van der Waals surface area contributed by atoms with Crippen LogP contribution in [0.15, 0.2) is 78.9 Å². The highest BCUT2D eigenvalue weighted by molar-refractivity contribution is 5.95. The van der Waals surface area contributed by atoms with E-state index in [1.807, 2.05) is 6.07 Å². The zero-order valence-corrected chi connectivity index (χ0v) is 24.3. The summed E-state index contributed by atoms with van der Waals surface area (Å²) in [5, 5.41) is 31.2. The molecule has 12 nitrogen and oxygen atoms in total. The van der Waals surface area contributed by atoms with Gasteiger partial charge in [-0.25, -0.2) is 19.2 Å². The number of aliphatic hydroxyl groups excluding tert-OH is 1. The van der Waals surface area contributed by atoms with E-state index in [2.05, 4.69) is 29.6 Å². The number of aliphatic hydroxyl groups is 1. The van der Waals surface area contributed by atoms with E-state index in [0.29, 0.717) is 11.5 Å². The number of esters is 2. The van der Waals surface area contributed by atoms with Crippen LogP contribution in [0.3, 0.4) is 0 Å². The highest BCUT2D eigenvalue weighted by Crippen LogP contribution is 2.33. The van der Waals surface area contributed by atoms with Crippen molar-refractivity contribution in [3.63, 3.8) is 0 Å². The number of rotatable bonds is 12. The van der Waals surface area contributed by atoms with Crippen molar-refractivity contribution >= 4 is 23.9 Å². The fourth-order valence-electron chi connectivity index (χ4n) is 4.66. The lowest BCUT2D eigenvalue weighted by Crippen LogP contribution is -2.45. The van der Waals surface area contributed by atoms with E-state index in [4.69, 9.17) is 24.1 Å². The van der Waals surface area contributed by atoms with Crippen LogP contribution < -0.4 is 14.8 Å². The third-order valence-electron chi connectivity index (χ3n) is 7.10. The second kappa shape index (κ2) is 16.1. The molecule has 44 heavy (non-hydrogen) atoms. The standard InChI is InChI=1S/C20H18O10.C12H17NO/c1-27-13-7-3-11(4-8-13)19(25)29-15(17(21)22)16(18(23)24)30-20(26)12-5-9-14(28-2)10-6-12;14-9-7-12(6-8-13-10-12)11-4-2-1-3-5-11/h3-10,15-16H,1-2H3,(H,21,22)(H,23,24);1-5,13-14H,6-10H2/t15-,16-;/m1./s1. The van der Waals surface area contributed by atoms with E-state index >= 15 is 0 Å². The predicted octanol–water partition coefficient (Wildman–Crippen LogP) is 2.92. The molecule has 234 valence electrons. The van der Waals surface area contributed by atoms with E-state index in [9.17, 15) is 29.4 Å². The Labute approximate surface area is 254 Å². The summed E-state index contributed by atoms with van der Waals surface area (Å²) in [5.41, 5.74) is 1.44. The number of carboxylic acids is 2. The average Bonchev–Trinajstić information content (AvgIpc) is 3.53. The first-order valence-corrected chi connectivity index (χ1v) is 13.7. The van der Waals surface area contributed by atoms with Crippen molar-refractivity contribution < 1.29 is 53.4 Å². The smallest absolute Gasteiger partial charge is 0.349 e. The molecule has 4 N–H and O–H groups in total. The van der Waals surface area contributed by atoms with Crippen LogP contribution in [-0.4, -0.2) is 85.3 Å². The van der Waals surface area contributed by atoms with Gasteiger partial charge in [0.2, 0.25) is 12.2 Å². The molecule has 3 atom stereocenters. The molecule has 3 aromatic rings. The number of methoxy groups -OCH3 is 2. The number of benzene rings is 3. The van der Waals surface area contributed by atoms with Gasteiger partial charge in [-0.2, -0.15) is 0 Å². The molecule has 0 aromatic heterocycles. The molecule has 0 bridgehead atoms. The summed E-state index contributed by atoms with van der Waals surface area (Å²) in [6.45, 7) is 2.34. The maximum Gasteiger partial charge on any atom is 0.349 e. The van der Waals surface area contributed by atoms with Crippen LogP contribution in [0.25, 0.3) is 0 Å². The van der Waals surface area contributed by atoms with Crippen LogP contribution in [0.4, 0.5) is 0 Å². The number of carboxylic acid groups (broad SMARTS) is 2. The highest BCUT2D eigenvalue weighted by Gasteiger charge is 2.41. The minimum Gasteiger partial charge on any atom is -0.497 e. The van der Waals surface area contributed by atoms with Gasteiger partial charge in [-0.05, 0) is 73.5 Å². The lowest BCUT2D eigenvalue weighted by Gasteiger charge is -2.27. The summed E-state index contributed by atoms with van der Waals surface area (Å²) < 4.78 is 19.5. The monoisotopic (exact) mass is 609 g/mol. The highest BCUT2D eigenvalue weighted by atomic mass is 16.6. The first-order chi connectivity index (χ1) is 21.1. The Bertz CT molecular complexity index is 1310. The molecule has 1 heterocycles. The molecule has 3 aromatic carbocycles. The molecule has 1 fully saturated rings. The van der Waals surface area contributed by atoms with E-state index in [-0.39, 0.29) is 23.1 Å². The Morgan fingerprint density at radius 1 is 0.750 bits per heavy atom. The number of aliphatic carboxylic acids is 2. The number of carbonyl (C=O) groups excluding carboxylic acids is 2. The number of ether oxygens (including phenoxy) is 4. The van der Waals surface area contributed by atoms with E-state index in [0.717, 1.165) is 25.9 Å². The topological polar surface area (TPSA) is 178 Å². The molecule has 12 heteroatoms. The van der Waals surface area contributed by atoms with Crippen molar-refractivity contribution in [2.75, 3.05) is 33.9 Å². The molecule has 0 saturated carbocycles. The molecule has 1 aliphatic heterocycles. The Hall–Kier alpha value is -4.94. The zero-order chi connectivity index (χ0) is 32.1. The fourth-order valence-corrected chi connectivity index (χ4v) is 4.66. The van der Waals surface area contributed by atoms with Crippen LogP contribution in [-0.2, 0) is 24.5 Å². The lowest BCUT2D eigenvalue weighted by atomic mass is 9.77. The van der Waals surface area contributed by atoms with Crippen molar-refractivity contribution in [2.45, 2.75) is 30.5 Å². The zero-order valence-electron chi connectivity index (χ0n) is 24.3. The minimum atomic E-state index is -2.28. The van der Waals surface area contributed by atoms with Gasteiger partial charge in [-0.3, -0.25) is 0 Å². The van der Waals surface area contributed by atoms with Gasteiger partial charge in [0.1, 0.15) is 11.5 Å². The van der Waals surface area contributed by atoms with Crippen molar-refractivity contribution in [3.8, 4) is 11.5 Å². The van der Waals surface area contributed by atoms with Gasteiger partial charge in [0.05, 0.1) is 25.3 Å². The fraction of sp³-hybridized carbons (Fsp3) is 0.312. The maximum absolute atomic E-state index is 12.2. The van der Waals surface area contributed by atoms with Gasteiger partial charge in [-0.1, -0.05) is 30.3 Å². The van der Waals surface area contributed by atoms with Crippen LogP contribution in [0.1, 0.15) is 39.1 Å². The Morgan fingerprint density at radius 3 is 1.55 bits per heavy atom. The summed E-state index contributed by atoms with van der Waals surface area (Å²) in [6, 6.07) is 21.5. The molecular weight excluding hydrogens is 574 g/mol. The Morgan fingerprint density at radius 2 is 1.20 bits per heavy atom. The Balaban J connectivity index is 0.000000312. The van der Waals surface area contributed by atoms with Gasteiger partial charge in [0, 0.05) is 18.6 Å². The summed E-state index contributed by atoms with van der Waals surface area (Å²) >= 11 is 0. The largest absolute Gasteiger partial charge is 0.497 e. The summed E-state index contributed by atoms with van der Waals surface area (Å²) in [6.07, 6.45) is -2.56. The molecule has 1 saturated heterocycles. The van der Waals surface area contributed by atoms with E-state index < -0.39 is 36.1 Å². The van der Waals surface area contributed by atoms with Crippen molar-refractivity contribution in [2.24, 2.45) is 0 Å². The van der Waals surface area contributed by atoms with E-state index in [1.54, 1.807) is 0 Å². The number of carbonyl (C=O) groups is 4. The van der Waals surface area contributed by atoms with Crippen LogP contribution >= 0.6 is 0 Å². The first kappa shape index (κ1) is 33.6. The number of nitrogens with one attached hydrogen (secondary N) is 1. The quantitative estimate of drug-likeness (QED) is 0.221. The third kappa shape index (κ3) is 8.79. The predicted molar refractivity (Wildman–Crippen MR) is 157 cm³/mol. The second-order valence-corrected chi connectivity index (χ2v) is 9.83. The summed E-state index contributed by atoms with van der Waals surface area (Å²) in [4.78, 5) is 47.6. The Kier molecular flexibility index (Phi) is 12.2. The van der Waals surface area contributed by atoms with Gasteiger partial charge in [-0.15, -0.1) is 0 Å². The normalized spacial score (nSPS) is 16.8. The van der Waals surface area contributed by atoms with Crippen molar-refractivity contribution in [1.82, 2.24) is 5.32 Å². The van der Waals surface area contributed by atoms with Crippen LogP contribution in [0, 0.1) is 0 Å². The van der Waals surface area contributed by atoms with Gasteiger partial charge >= 0.3 is 23.9 Å². The third-order valence-corrected chi connectivity index (χ3v) is 7.10. The van der Waals surface area contributed by atoms with E-state index in [1.165, 1.54) is 68.3 Å². The van der Waals surface area contributed by atoms with Crippen molar-refractivity contribution in [3.05, 3.63) is 95.6 Å². The van der Waals surface area contributed by atoms with Gasteiger partial charge < -0.3 is 39.6 Å². The summed E-state index contributed by atoms with van der Waals surface area (Å²) in [5.74, 6) is -4.94. The molecule has 0 spiro atoms. The molecule has 4 rings (SSSR count). The molecule has 0 amide bonds. The number of hydrogen-bond acceptors (Lipinski definition) is 10. The van der Waals surface area contributed by atoms with Crippen molar-refractivity contribution in [1.29, 1.82) is 0 Å². The molecule has 0 aliphatic carbocycles. The summed E-state index contributed by atoms with van der Waals surface area (Å²) in [7, 11) is 2.84. The van der Waals surface area contributed by atoms with Gasteiger partial charge in [0.25, 0.3) is 0 Å². The van der Waals surface area contributed by atoms with Crippen LogP contribution in [0.5, 0.6) is 11.5 Å².